The maximum atomic E-state index is 15.9. The fraction of sp³-hybridized carbons (Fsp3) is 0.174. The molecule has 0 fully saturated rings. The predicted octanol–water partition coefficient (Wildman–Crippen LogP) is 5.49. The Morgan fingerprint density at radius 3 is 2.31 bits per heavy atom. The van der Waals surface area contributed by atoms with Crippen LogP contribution in [-0.4, -0.2) is 23.4 Å². The predicted molar refractivity (Wildman–Crippen MR) is 130 cm³/mol. The average molecular weight is 518 g/mol. The van der Waals surface area contributed by atoms with Crippen molar-refractivity contribution in [2.45, 2.75) is 31.1 Å². The maximum Gasteiger partial charge on any atom is 0.267 e. The first-order chi connectivity index (χ1) is 16.4. The lowest BCUT2D eigenvalue weighted by Gasteiger charge is -2.13. The number of thiazole rings is 1. The van der Waals surface area contributed by atoms with Crippen LogP contribution in [0.2, 0.25) is 0 Å². The molecular formula is C23H18F3N5O2S2. The van der Waals surface area contributed by atoms with Gasteiger partial charge in [0, 0.05) is 22.4 Å². The zero-order chi connectivity index (χ0) is 25.3. The summed E-state index contributed by atoms with van der Waals surface area (Å²) in [6.07, 6.45) is 1.47. The van der Waals surface area contributed by atoms with Crippen LogP contribution in [0, 0.1) is 17.5 Å². The average Bonchev–Trinajstić information content (AvgIpc) is 3.21. The van der Waals surface area contributed by atoms with Crippen LogP contribution < -0.4 is 10.5 Å². The highest BCUT2D eigenvalue weighted by Crippen LogP contribution is 2.42. The highest BCUT2D eigenvalue weighted by molar-refractivity contribution is 7.92. The Hall–Kier alpha value is -3.51. The Kier molecular flexibility index (Phi) is 5.15. The molecule has 0 aliphatic heterocycles. The highest BCUT2D eigenvalue weighted by Gasteiger charge is 2.28. The fourth-order valence-corrected chi connectivity index (χ4v) is 6.11. The van der Waals surface area contributed by atoms with E-state index in [1.54, 1.807) is 0 Å². The zero-order valence-electron chi connectivity index (χ0n) is 18.6. The van der Waals surface area contributed by atoms with Crippen molar-refractivity contribution >= 4 is 64.9 Å². The number of rotatable bonds is 3. The molecule has 35 heavy (non-hydrogen) atoms. The second-order valence-corrected chi connectivity index (χ2v) is 11.6. The van der Waals surface area contributed by atoms with Crippen LogP contribution in [-0.2, 0) is 15.4 Å². The molecule has 0 aliphatic carbocycles. The molecule has 0 atom stereocenters. The van der Waals surface area contributed by atoms with Crippen molar-refractivity contribution in [3.63, 3.8) is 0 Å². The van der Waals surface area contributed by atoms with E-state index in [4.69, 9.17) is 5.73 Å². The second-order valence-electron chi connectivity index (χ2n) is 8.94. The number of nitrogens with one attached hydrogen (secondary N) is 1. The third-order valence-corrected chi connectivity index (χ3v) is 8.30. The molecule has 2 heterocycles. The molecule has 5 rings (SSSR count). The van der Waals surface area contributed by atoms with Crippen molar-refractivity contribution in [3.05, 3.63) is 59.0 Å². The summed E-state index contributed by atoms with van der Waals surface area (Å²) in [7, 11) is -4.78. The molecule has 12 heteroatoms. The summed E-state index contributed by atoms with van der Waals surface area (Å²) in [6.45, 7) is 5.87. The lowest BCUT2D eigenvalue weighted by atomic mass is 9.98. The molecule has 3 N–H and O–H groups in total. The Balaban J connectivity index is 1.81. The van der Waals surface area contributed by atoms with Gasteiger partial charge in [-0.15, -0.1) is 11.3 Å². The van der Waals surface area contributed by atoms with Gasteiger partial charge in [0.25, 0.3) is 10.0 Å². The van der Waals surface area contributed by atoms with Gasteiger partial charge in [-0.25, -0.2) is 36.5 Å². The number of fused-ring (bicyclic) bond motifs is 6. The standard InChI is InChI=1S/C23H18F3N5O2S2/c1-23(2,3)21-29-18-15-10(11-9-28-22(27)30-17(11)19(18)34-21)7-8-14(16(15)26)31-35(32,33)20-12(24)5-4-6-13(20)25/h4-9,31H,1-3H3,(H2,27,28,30). The molecule has 2 aromatic heterocycles. The van der Waals surface area contributed by atoms with Crippen LogP contribution >= 0.6 is 11.3 Å². The number of sulfonamides is 1. The number of hydrogen-bond acceptors (Lipinski definition) is 7. The van der Waals surface area contributed by atoms with E-state index in [1.807, 2.05) is 25.5 Å². The lowest BCUT2D eigenvalue weighted by Crippen LogP contribution is -2.17. The van der Waals surface area contributed by atoms with Gasteiger partial charge in [0.2, 0.25) is 5.95 Å². The summed E-state index contributed by atoms with van der Waals surface area (Å²) in [4.78, 5) is 11.8. The summed E-state index contributed by atoms with van der Waals surface area (Å²) in [5, 5.41) is 1.62. The summed E-state index contributed by atoms with van der Waals surface area (Å²) in [6, 6.07) is 5.29. The molecule has 3 aromatic carbocycles. The molecule has 0 radical (unpaired) electrons. The van der Waals surface area contributed by atoms with Crippen LogP contribution in [0.3, 0.4) is 0 Å². The first-order valence-electron chi connectivity index (χ1n) is 10.3. The molecule has 0 amide bonds. The topological polar surface area (TPSA) is 111 Å². The van der Waals surface area contributed by atoms with E-state index < -0.39 is 38.1 Å². The van der Waals surface area contributed by atoms with E-state index in [0.717, 1.165) is 18.2 Å². The molecule has 7 nitrogen and oxygen atoms in total. The Morgan fingerprint density at radius 1 is 0.971 bits per heavy atom. The molecule has 0 bridgehead atoms. The van der Waals surface area contributed by atoms with E-state index in [0.29, 0.717) is 26.0 Å². The number of nitrogen functional groups attached to an aromatic ring is 1. The summed E-state index contributed by atoms with van der Waals surface area (Å²) in [5.41, 5.74) is 5.73. The van der Waals surface area contributed by atoms with Crippen molar-refractivity contribution in [3.8, 4) is 0 Å². The van der Waals surface area contributed by atoms with Crippen molar-refractivity contribution < 1.29 is 21.6 Å². The summed E-state index contributed by atoms with van der Waals surface area (Å²) in [5.74, 6) is -3.50. The molecular weight excluding hydrogens is 499 g/mol. The molecule has 0 spiro atoms. The van der Waals surface area contributed by atoms with Crippen LogP contribution in [0.15, 0.2) is 41.4 Å². The minimum absolute atomic E-state index is 0.0295. The second kappa shape index (κ2) is 7.75. The summed E-state index contributed by atoms with van der Waals surface area (Å²) < 4.78 is 72.3. The fourth-order valence-electron chi connectivity index (χ4n) is 3.78. The monoisotopic (exact) mass is 517 g/mol. The van der Waals surface area contributed by atoms with E-state index in [1.165, 1.54) is 29.7 Å². The number of benzene rings is 3. The first kappa shape index (κ1) is 23.2. The van der Waals surface area contributed by atoms with Gasteiger partial charge >= 0.3 is 0 Å². The van der Waals surface area contributed by atoms with Gasteiger partial charge in [-0.3, -0.25) is 4.72 Å². The number of aromatic nitrogens is 3. The molecule has 180 valence electrons. The first-order valence-corrected chi connectivity index (χ1v) is 12.6. The van der Waals surface area contributed by atoms with Crippen molar-refractivity contribution in [1.82, 2.24) is 15.0 Å². The number of nitrogens with zero attached hydrogens (tertiary/aromatic N) is 3. The summed E-state index contributed by atoms with van der Waals surface area (Å²) >= 11 is 1.32. The van der Waals surface area contributed by atoms with Crippen LogP contribution in [0.5, 0.6) is 0 Å². The normalized spacial score (nSPS) is 12.6. The SMILES string of the molecule is CC(C)(C)c1nc2c(s1)c1nc(N)ncc1c1ccc(NS(=O)(=O)c3c(F)cccc3F)c(F)c12. The number of nitrogens with two attached hydrogens (primary N) is 1. The number of hydrogen-bond donors (Lipinski definition) is 2. The minimum Gasteiger partial charge on any atom is -0.368 e. The van der Waals surface area contributed by atoms with Crippen molar-refractivity contribution in [2.24, 2.45) is 0 Å². The van der Waals surface area contributed by atoms with E-state index >= 15 is 4.39 Å². The van der Waals surface area contributed by atoms with Crippen molar-refractivity contribution in [1.29, 1.82) is 0 Å². The molecule has 0 unspecified atom stereocenters. The van der Waals surface area contributed by atoms with Gasteiger partial charge in [-0.05, 0) is 23.6 Å². The Labute approximate surface area is 201 Å². The number of anilines is 2. The molecule has 0 aliphatic rings. The van der Waals surface area contributed by atoms with Crippen LogP contribution in [0.1, 0.15) is 25.8 Å². The van der Waals surface area contributed by atoms with Gasteiger partial charge in [0.1, 0.15) is 11.6 Å². The maximum absolute atomic E-state index is 15.9. The Morgan fingerprint density at radius 2 is 1.66 bits per heavy atom. The van der Waals surface area contributed by atoms with E-state index in [-0.39, 0.29) is 22.3 Å². The molecule has 5 aromatic rings. The van der Waals surface area contributed by atoms with Gasteiger partial charge in [0.05, 0.1) is 26.4 Å². The molecule has 0 saturated heterocycles. The zero-order valence-corrected chi connectivity index (χ0v) is 20.3. The van der Waals surface area contributed by atoms with E-state index in [9.17, 15) is 17.2 Å². The third-order valence-electron chi connectivity index (χ3n) is 5.39. The van der Waals surface area contributed by atoms with E-state index in [2.05, 4.69) is 15.0 Å². The van der Waals surface area contributed by atoms with Gasteiger partial charge in [-0.1, -0.05) is 32.9 Å². The van der Waals surface area contributed by atoms with Crippen LogP contribution in [0.4, 0.5) is 24.8 Å². The molecule has 0 saturated carbocycles. The quantitative estimate of drug-likeness (QED) is 0.306. The largest absolute Gasteiger partial charge is 0.368 e. The van der Waals surface area contributed by atoms with Crippen molar-refractivity contribution in [2.75, 3.05) is 10.5 Å². The minimum atomic E-state index is -4.78. The smallest absolute Gasteiger partial charge is 0.267 e. The van der Waals surface area contributed by atoms with Gasteiger partial charge in [0.15, 0.2) is 10.7 Å². The number of halogens is 3. The Bertz CT molecular complexity index is 1760. The van der Waals surface area contributed by atoms with Crippen LogP contribution in [0.25, 0.3) is 31.9 Å². The van der Waals surface area contributed by atoms with Gasteiger partial charge < -0.3 is 5.73 Å². The highest BCUT2D eigenvalue weighted by atomic mass is 32.2. The third kappa shape index (κ3) is 3.73. The van der Waals surface area contributed by atoms with Gasteiger partial charge in [-0.2, -0.15) is 0 Å². The lowest BCUT2D eigenvalue weighted by molar-refractivity contribution is 0.521.